The van der Waals surface area contributed by atoms with Crippen molar-refractivity contribution >= 4 is 28.5 Å². The van der Waals surface area contributed by atoms with Crippen molar-refractivity contribution in [2.24, 2.45) is 0 Å². The van der Waals surface area contributed by atoms with Crippen LogP contribution in [0.1, 0.15) is 16.1 Å². The first-order valence-electron chi connectivity index (χ1n) is 6.30. The van der Waals surface area contributed by atoms with Gasteiger partial charge in [-0.25, -0.2) is 4.79 Å². The van der Waals surface area contributed by atoms with Crippen molar-refractivity contribution in [3.05, 3.63) is 60.1 Å². The van der Waals surface area contributed by atoms with Gasteiger partial charge in [-0.15, -0.1) is 11.8 Å². The number of thioether (sulfide) groups is 1. The van der Waals surface area contributed by atoms with Crippen LogP contribution >= 0.6 is 11.8 Å². The summed E-state index contributed by atoms with van der Waals surface area (Å²) in [6, 6.07) is 12.5. The van der Waals surface area contributed by atoms with Gasteiger partial charge in [-0.05, 0) is 23.6 Å². The standard InChI is InChI=1S/C16H12O4S/c17-13-5-6-15(11-4-2-1-3-10(11)13)21-9-14-12(16(18)19)7-8-20-14/h1-8,17H,9H2,(H,18,19). The summed E-state index contributed by atoms with van der Waals surface area (Å²) < 4.78 is 5.23. The second kappa shape index (κ2) is 5.54. The van der Waals surface area contributed by atoms with Gasteiger partial charge in [0, 0.05) is 10.3 Å². The Balaban J connectivity index is 1.91. The molecule has 0 atom stereocenters. The molecule has 0 saturated carbocycles. The molecule has 0 unspecified atom stereocenters. The minimum atomic E-state index is -0.991. The van der Waals surface area contributed by atoms with Gasteiger partial charge < -0.3 is 14.6 Å². The normalized spacial score (nSPS) is 10.9. The third kappa shape index (κ3) is 2.60. The van der Waals surface area contributed by atoms with Crippen LogP contribution in [0.15, 0.2) is 58.0 Å². The maximum Gasteiger partial charge on any atom is 0.339 e. The third-order valence-electron chi connectivity index (χ3n) is 3.20. The van der Waals surface area contributed by atoms with Crippen molar-refractivity contribution in [2.75, 3.05) is 0 Å². The number of phenols is 1. The average molecular weight is 300 g/mol. The van der Waals surface area contributed by atoms with Gasteiger partial charge in [0.15, 0.2) is 0 Å². The Hall–Kier alpha value is -2.40. The van der Waals surface area contributed by atoms with E-state index in [1.807, 2.05) is 30.3 Å². The third-order valence-corrected chi connectivity index (χ3v) is 4.27. The fourth-order valence-corrected chi connectivity index (χ4v) is 3.18. The molecule has 1 aromatic heterocycles. The summed E-state index contributed by atoms with van der Waals surface area (Å²) in [5, 5.41) is 20.6. The highest BCUT2D eigenvalue weighted by atomic mass is 32.2. The zero-order chi connectivity index (χ0) is 14.8. The lowest BCUT2D eigenvalue weighted by atomic mass is 10.1. The van der Waals surface area contributed by atoms with E-state index in [4.69, 9.17) is 9.52 Å². The first-order chi connectivity index (χ1) is 10.2. The number of aromatic carboxylic acids is 1. The molecule has 1 heterocycles. The number of benzene rings is 2. The molecule has 3 aromatic rings. The molecule has 0 fully saturated rings. The Morgan fingerprint density at radius 1 is 1.10 bits per heavy atom. The molecule has 2 aromatic carbocycles. The number of furan rings is 1. The number of carboxylic acids is 1. The number of fused-ring (bicyclic) bond motifs is 1. The van der Waals surface area contributed by atoms with Crippen molar-refractivity contribution < 1.29 is 19.4 Å². The Bertz CT molecular complexity index is 807. The largest absolute Gasteiger partial charge is 0.507 e. The lowest BCUT2D eigenvalue weighted by molar-refractivity contribution is 0.0695. The first-order valence-corrected chi connectivity index (χ1v) is 7.28. The van der Waals surface area contributed by atoms with Crippen LogP contribution in [0.25, 0.3) is 10.8 Å². The highest BCUT2D eigenvalue weighted by Gasteiger charge is 2.14. The summed E-state index contributed by atoms with van der Waals surface area (Å²) in [5.74, 6) is 0.0994. The first kappa shape index (κ1) is 13.6. The van der Waals surface area contributed by atoms with E-state index in [2.05, 4.69) is 0 Å². The van der Waals surface area contributed by atoms with Crippen molar-refractivity contribution in [2.45, 2.75) is 10.6 Å². The Morgan fingerprint density at radius 2 is 1.86 bits per heavy atom. The van der Waals surface area contributed by atoms with Gasteiger partial charge in [0.2, 0.25) is 0 Å². The summed E-state index contributed by atoms with van der Waals surface area (Å²) in [5.41, 5.74) is 0.186. The Labute approximate surface area is 125 Å². The molecule has 5 heteroatoms. The van der Waals surface area contributed by atoms with E-state index < -0.39 is 5.97 Å². The van der Waals surface area contributed by atoms with E-state index >= 15 is 0 Å². The Kier molecular flexibility index (Phi) is 3.58. The predicted molar refractivity (Wildman–Crippen MR) is 80.8 cm³/mol. The van der Waals surface area contributed by atoms with E-state index in [0.717, 1.165) is 15.7 Å². The number of hydrogen-bond donors (Lipinski definition) is 2. The molecule has 0 saturated heterocycles. The molecule has 0 aliphatic rings. The maximum absolute atomic E-state index is 11.0. The van der Waals surface area contributed by atoms with E-state index in [0.29, 0.717) is 11.5 Å². The van der Waals surface area contributed by atoms with Crippen LogP contribution in [0.3, 0.4) is 0 Å². The van der Waals surface area contributed by atoms with Crippen LogP contribution in [-0.4, -0.2) is 16.2 Å². The van der Waals surface area contributed by atoms with Crippen molar-refractivity contribution in [3.63, 3.8) is 0 Å². The smallest absolute Gasteiger partial charge is 0.339 e. The fourth-order valence-electron chi connectivity index (χ4n) is 2.17. The van der Waals surface area contributed by atoms with Gasteiger partial charge in [0.05, 0.1) is 12.0 Å². The van der Waals surface area contributed by atoms with Crippen molar-refractivity contribution in [1.29, 1.82) is 0 Å². The van der Waals surface area contributed by atoms with Crippen LogP contribution in [0.4, 0.5) is 0 Å². The molecule has 2 N–H and O–H groups in total. The number of aromatic hydroxyl groups is 1. The lowest BCUT2D eigenvalue weighted by Gasteiger charge is -2.07. The zero-order valence-electron chi connectivity index (χ0n) is 10.9. The van der Waals surface area contributed by atoms with E-state index in [1.54, 1.807) is 6.07 Å². The average Bonchev–Trinajstić information content (AvgIpc) is 2.96. The number of phenolic OH excluding ortho intramolecular Hbond substituents is 1. The summed E-state index contributed by atoms with van der Waals surface area (Å²) >= 11 is 1.48. The second-order valence-corrected chi connectivity index (χ2v) is 5.50. The molecule has 0 radical (unpaired) electrons. The molecular formula is C16H12O4S. The maximum atomic E-state index is 11.0. The van der Waals surface area contributed by atoms with Gasteiger partial charge in [-0.2, -0.15) is 0 Å². The minimum absolute atomic E-state index is 0.186. The molecule has 0 aliphatic carbocycles. The molecule has 0 aliphatic heterocycles. The SMILES string of the molecule is O=C(O)c1ccoc1CSc1ccc(O)c2ccccc12. The Morgan fingerprint density at radius 3 is 2.62 bits per heavy atom. The molecule has 106 valence electrons. The van der Waals surface area contributed by atoms with Gasteiger partial charge in [0.1, 0.15) is 17.1 Å². The summed E-state index contributed by atoms with van der Waals surface area (Å²) in [7, 11) is 0. The van der Waals surface area contributed by atoms with Gasteiger partial charge in [-0.3, -0.25) is 0 Å². The van der Waals surface area contributed by atoms with Crippen LogP contribution in [0.5, 0.6) is 5.75 Å². The van der Waals surface area contributed by atoms with Crippen molar-refractivity contribution in [1.82, 2.24) is 0 Å². The van der Waals surface area contributed by atoms with Gasteiger partial charge in [-0.1, -0.05) is 24.3 Å². The van der Waals surface area contributed by atoms with Crippen molar-refractivity contribution in [3.8, 4) is 5.75 Å². The number of hydrogen-bond acceptors (Lipinski definition) is 4. The lowest BCUT2D eigenvalue weighted by Crippen LogP contribution is -1.97. The number of carbonyl (C=O) groups is 1. The van der Waals surface area contributed by atoms with Gasteiger partial charge in [0.25, 0.3) is 0 Å². The summed E-state index contributed by atoms with van der Waals surface area (Å²) in [6.45, 7) is 0. The van der Waals surface area contributed by atoms with Crippen LogP contribution in [0, 0.1) is 0 Å². The summed E-state index contributed by atoms with van der Waals surface area (Å²) in [6.07, 6.45) is 1.38. The molecule has 0 bridgehead atoms. The van der Waals surface area contributed by atoms with Gasteiger partial charge >= 0.3 is 5.97 Å². The predicted octanol–water partition coefficient (Wildman–Crippen LogP) is 4.13. The number of rotatable bonds is 4. The second-order valence-electron chi connectivity index (χ2n) is 4.48. The van der Waals surface area contributed by atoms with Crippen LogP contribution < -0.4 is 0 Å². The molecule has 21 heavy (non-hydrogen) atoms. The molecular weight excluding hydrogens is 288 g/mol. The van der Waals surface area contributed by atoms with E-state index in [-0.39, 0.29) is 11.3 Å². The summed E-state index contributed by atoms with van der Waals surface area (Å²) in [4.78, 5) is 12.0. The highest BCUT2D eigenvalue weighted by molar-refractivity contribution is 7.98. The van der Waals surface area contributed by atoms with E-state index in [9.17, 15) is 9.90 Å². The molecule has 4 nitrogen and oxygen atoms in total. The molecule has 0 spiro atoms. The van der Waals surface area contributed by atoms with Crippen LogP contribution in [0.2, 0.25) is 0 Å². The quantitative estimate of drug-likeness (QED) is 0.709. The monoisotopic (exact) mass is 300 g/mol. The van der Waals surface area contributed by atoms with E-state index in [1.165, 1.54) is 24.1 Å². The zero-order valence-corrected chi connectivity index (χ0v) is 11.8. The molecule has 3 rings (SSSR count). The topological polar surface area (TPSA) is 70.7 Å². The fraction of sp³-hybridized carbons (Fsp3) is 0.0625. The molecule has 0 amide bonds. The highest BCUT2D eigenvalue weighted by Crippen LogP contribution is 2.35. The number of carboxylic acid groups (broad SMARTS) is 1. The minimum Gasteiger partial charge on any atom is -0.507 e. The van der Waals surface area contributed by atoms with Crippen LogP contribution in [-0.2, 0) is 5.75 Å².